The van der Waals surface area contributed by atoms with Crippen LogP contribution in [0, 0.1) is 5.82 Å². The van der Waals surface area contributed by atoms with E-state index >= 15 is 0 Å². The molecule has 0 aliphatic rings. The van der Waals surface area contributed by atoms with E-state index in [1.165, 1.54) is 18.4 Å². The van der Waals surface area contributed by atoms with Gasteiger partial charge in [-0.05, 0) is 37.1 Å². The summed E-state index contributed by atoms with van der Waals surface area (Å²) in [5.74, 6) is -0.326. The Labute approximate surface area is 119 Å². The Morgan fingerprint density at radius 2 is 2.11 bits per heavy atom. The van der Waals surface area contributed by atoms with E-state index in [0.717, 1.165) is 18.5 Å². The van der Waals surface area contributed by atoms with Crippen LogP contribution in [0.5, 0.6) is 0 Å². The van der Waals surface area contributed by atoms with E-state index in [0.29, 0.717) is 11.4 Å². The zero-order valence-corrected chi connectivity index (χ0v) is 12.7. The first-order chi connectivity index (χ1) is 8.83. The molecular formula is C13H19ClFNO2S. The molecule has 0 fully saturated rings. The molecule has 0 saturated heterocycles. The number of sulfone groups is 1. The quantitative estimate of drug-likeness (QED) is 0.842. The smallest absolute Gasteiger partial charge is 0.147 e. The fourth-order valence-electron chi connectivity index (χ4n) is 1.80. The van der Waals surface area contributed by atoms with Gasteiger partial charge in [0, 0.05) is 17.3 Å². The molecule has 1 N–H and O–H groups in total. The molecule has 1 aromatic carbocycles. The molecule has 0 aliphatic heterocycles. The van der Waals surface area contributed by atoms with Crippen molar-refractivity contribution in [3.05, 3.63) is 34.6 Å². The van der Waals surface area contributed by atoms with Crippen molar-refractivity contribution in [3.8, 4) is 0 Å². The summed E-state index contributed by atoms with van der Waals surface area (Å²) < 4.78 is 35.6. The number of hydrogen-bond acceptors (Lipinski definition) is 3. The van der Waals surface area contributed by atoms with Gasteiger partial charge >= 0.3 is 0 Å². The summed E-state index contributed by atoms with van der Waals surface area (Å²) in [4.78, 5) is 0. The molecule has 0 bridgehead atoms. The number of hydrogen-bond donors (Lipinski definition) is 1. The van der Waals surface area contributed by atoms with Crippen LogP contribution in [0.2, 0.25) is 5.02 Å². The lowest BCUT2D eigenvalue weighted by Crippen LogP contribution is -2.24. The van der Waals surface area contributed by atoms with E-state index in [9.17, 15) is 12.8 Å². The van der Waals surface area contributed by atoms with Gasteiger partial charge in [-0.2, -0.15) is 0 Å². The van der Waals surface area contributed by atoms with Gasteiger partial charge < -0.3 is 5.32 Å². The SMILES string of the molecule is CCCNC(CCS(C)(=O)=O)c1ccc(F)cc1Cl. The normalized spacial score (nSPS) is 13.5. The van der Waals surface area contributed by atoms with Crippen molar-refractivity contribution in [2.75, 3.05) is 18.6 Å². The number of benzene rings is 1. The first kappa shape index (κ1) is 16.4. The van der Waals surface area contributed by atoms with Gasteiger partial charge in [-0.25, -0.2) is 12.8 Å². The Morgan fingerprint density at radius 3 is 2.63 bits per heavy atom. The maximum atomic E-state index is 13.0. The van der Waals surface area contributed by atoms with Gasteiger partial charge in [-0.1, -0.05) is 24.6 Å². The van der Waals surface area contributed by atoms with Gasteiger partial charge in [-0.15, -0.1) is 0 Å². The van der Waals surface area contributed by atoms with Gasteiger partial charge in [0.15, 0.2) is 0 Å². The van der Waals surface area contributed by atoms with Crippen LogP contribution in [0.4, 0.5) is 4.39 Å². The molecule has 19 heavy (non-hydrogen) atoms. The highest BCUT2D eigenvalue weighted by atomic mass is 35.5. The lowest BCUT2D eigenvalue weighted by Gasteiger charge is -2.20. The number of halogens is 2. The highest BCUT2D eigenvalue weighted by Gasteiger charge is 2.16. The largest absolute Gasteiger partial charge is 0.310 e. The van der Waals surface area contributed by atoms with E-state index < -0.39 is 15.7 Å². The highest BCUT2D eigenvalue weighted by molar-refractivity contribution is 7.90. The van der Waals surface area contributed by atoms with Crippen LogP contribution in [0.3, 0.4) is 0 Å². The first-order valence-electron chi connectivity index (χ1n) is 6.19. The molecule has 1 aromatic rings. The van der Waals surface area contributed by atoms with Crippen LogP contribution < -0.4 is 5.32 Å². The second-order valence-corrected chi connectivity index (χ2v) is 7.26. The van der Waals surface area contributed by atoms with E-state index in [4.69, 9.17) is 11.6 Å². The molecule has 0 heterocycles. The summed E-state index contributed by atoms with van der Waals surface area (Å²) in [7, 11) is -3.03. The van der Waals surface area contributed by atoms with E-state index in [1.54, 1.807) is 6.07 Å². The first-order valence-corrected chi connectivity index (χ1v) is 8.63. The van der Waals surface area contributed by atoms with Crippen molar-refractivity contribution < 1.29 is 12.8 Å². The summed E-state index contributed by atoms with van der Waals surface area (Å²) in [5.41, 5.74) is 0.736. The summed E-state index contributed by atoms with van der Waals surface area (Å²) in [6.45, 7) is 2.77. The molecule has 3 nitrogen and oxygen atoms in total. The van der Waals surface area contributed by atoms with Gasteiger partial charge in [0.05, 0.1) is 5.75 Å². The Morgan fingerprint density at radius 1 is 1.42 bits per heavy atom. The van der Waals surface area contributed by atoms with Crippen LogP contribution in [0.1, 0.15) is 31.4 Å². The van der Waals surface area contributed by atoms with Crippen molar-refractivity contribution in [3.63, 3.8) is 0 Å². The minimum absolute atomic E-state index is 0.0715. The maximum absolute atomic E-state index is 13.0. The van der Waals surface area contributed by atoms with Crippen LogP contribution in [-0.2, 0) is 9.84 Å². The fourth-order valence-corrected chi connectivity index (χ4v) is 2.76. The third kappa shape index (κ3) is 5.89. The van der Waals surface area contributed by atoms with Crippen molar-refractivity contribution in [2.45, 2.75) is 25.8 Å². The predicted molar refractivity (Wildman–Crippen MR) is 76.8 cm³/mol. The lowest BCUT2D eigenvalue weighted by atomic mass is 10.0. The van der Waals surface area contributed by atoms with E-state index in [1.807, 2.05) is 6.92 Å². The van der Waals surface area contributed by atoms with Crippen molar-refractivity contribution in [1.82, 2.24) is 5.32 Å². The highest BCUT2D eigenvalue weighted by Crippen LogP contribution is 2.26. The molecule has 1 rings (SSSR count). The predicted octanol–water partition coefficient (Wildman–Crippen LogP) is 2.95. The Bertz CT molecular complexity index is 519. The molecule has 1 unspecified atom stereocenters. The van der Waals surface area contributed by atoms with Gasteiger partial charge in [0.2, 0.25) is 0 Å². The van der Waals surface area contributed by atoms with E-state index in [-0.39, 0.29) is 11.8 Å². The maximum Gasteiger partial charge on any atom is 0.147 e. The average molecular weight is 308 g/mol. The second-order valence-electron chi connectivity index (χ2n) is 4.59. The van der Waals surface area contributed by atoms with Gasteiger partial charge in [0.25, 0.3) is 0 Å². The molecule has 0 aliphatic carbocycles. The third-order valence-electron chi connectivity index (χ3n) is 2.76. The van der Waals surface area contributed by atoms with Gasteiger partial charge in [-0.3, -0.25) is 0 Å². The van der Waals surface area contributed by atoms with Crippen LogP contribution in [-0.4, -0.2) is 27.0 Å². The number of rotatable bonds is 7. The molecular weight excluding hydrogens is 289 g/mol. The molecule has 0 spiro atoms. The second kappa shape index (κ2) is 7.22. The Hall–Kier alpha value is -0.650. The van der Waals surface area contributed by atoms with Crippen molar-refractivity contribution in [2.24, 2.45) is 0 Å². The van der Waals surface area contributed by atoms with Crippen molar-refractivity contribution >= 4 is 21.4 Å². The average Bonchev–Trinajstić information content (AvgIpc) is 2.29. The molecule has 0 radical (unpaired) electrons. The summed E-state index contributed by atoms with van der Waals surface area (Å²) in [5, 5.41) is 3.57. The molecule has 6 heteroatoms. The zero-order chi connectivity index (χ0) is 14.5. The molecule has 0 aromatic heterocycles. The monoisotopic (exact) mass is 307 g/mol. The molecule has 1 atom stereocenters. The lowest BCUT2D eigenvalue weighted by molar-refractivity contribution is 0.512. The summed E-state index contributed by atoms with van der Waals surface area (Å²) in [6.07, 6.45) is 2.55. The molecule has 108 valence electrons. The van der Waals surface area contributed by atoms with Gasteiger partial charge in [0.1, 0.15) is 15.7 Å². The standard InChI is InChI=1S/C13H19ClFNO2S/c1-3-7-16-13(6-8-19(2,17)18)11-5-4-10(15)9-12(11)14/h4-5,9,13,16H,3,6-8H2,1-2H3. The fraction of sp³-hybridized carbons (Fsp3) is 0.538. The summed E-state index contributed by atoms with van der Waals surface area (Å²) in [6, 6.07) is 4.01. The zero-order valence-electron chi connectivity index (χ0n) is 11.1. The molecule has 0 amide bonds. The third-order valence-corrected chi connectivity index (χ3v) is 4.06. The molecule has 0 saturated carbocycles. The minimum Gasteiger partial charge on any atom is -0.310 e. The van der Waals surface area contributed by atoms with Crippen LogP contribution >= 0.6 is 11.6 Å². The van der Waals surface area contributed by atoms with Crippen molar-refractivity contribution in [1.29, 1.82) is 0 Å². The topological polar surface area (TPSA) is 46.2 Å². The van der Waals surface area contributed by atoms with E-state index in [2.05, 4.69) is 5.32 Å². The Balaban J connectivity index is 2.88. The minimum atomic E-state index is -3.03. The number of nitrogens with one attached hydrogen (secondary N) is 1. The van der Waals surface area contributed by atoms with Crippen LogP contribution in [0.15, 0.2) is 18.2 Å². The Kier molecular flexibility index (Phi) is 6.23. The summed E-state index contributed by atoms with van der Waals surface area (Å²) >= 11 is 6.02. The van der Waals surface area contributed by atoms with Crippen LogP contribution in [0.25, 0.3) is 0 Å².